The number of aryl methyl sites for hydroxylation is 1. The summed E-state index contributed by atoms with van der Waals surface area (Å²) >= 11 is 3.00. The van der Waals surface area contributed by atoms with Crippen molar-refractivity contribution in [3.05, 3.63) is 41.0 Å². The fourth-order valence-corrected chi connectivity index (χ4v) is 3.82. The van der Waals surface area contributed by atoms with E-state index in [2.05, 4.69) is 27.4 Å². The van der Waals surface area contributed by atoms with Gasteiger partial charge in [0.2, 0.25) is 0 Å². The molecule has 0 aliphatic heterocycles. The number of anilines is 2. The number of benzene rings is 1. The van der Waals surface area contributed by atoms with Crippen LogP contribution in [0.3, 0.4) is 0 Å². The van der Waals surface area contributed by atoms with E-state index in [1.165, 1.54) is 24.8 Å². The summed E-state index contributed by atoms with van der Waals surface area (Å²) in [6.07, 6.45) is 3.54. The topological polar surface area (TPSA) is 64.1 Å². The molecule has 0 aliphatic rings. The predicted octanol–water partition coefficient (Wildman–Crippen LogP) is 4.25. The molecule has 1 aromatic carbocycles. The SMILES string of the molecule is COC(=O)c1sc2ncnc(Nc3cccc(SC)c3)c2c1C. The van der Waals surface area contributed by atoms with Gasteiger partial charge in [0.15, 0.2) is 0 Å². The molecule has 0 saturated heterocycles. The highest BCUT2D eigenvalue weighted by Gasteiger charge is 2.19. The molecule has 0 radical (unpaired) electrons. The van der Waals surface area contributed by atoms with Gasteiger partial charge in [0.25, 0.3) is 0 Å². The summed E-state index contributed by atoms with van der Waals surface area (Å²) in [6, 6.07) is 8.08. The van der Waals surface area contributed by atoms with Gasteiger partial charge in [0, 0.05) is 10.6 Å². The van der Waals surface area contributed by atoms with E-state index in [9.17, 15) is 4.79 Å². The fourth-order valence-electron chi connectivity index (χ4n) is 2.29. The number of carbonyl (C=O) groups excluding carboxylic acids is 1. The van der Waals surface area contributed by atoms with Crippen LogP contribution in [0, 0.1) is 6.92 Å². The summed E-state index contributed by atoms with van der Waals surface area (Å²) < 4.78 is 4.84. The van der Waals surface area contributed by atoms with Gasteiger partial charge >= 0.3 is 5.97 Å². The number of thioether (sulfide) groups is 1. The zero-order chi connectivity index (χ0) is 16.4. The quantitative estimate of drug-likeness (QED) is 0.563. The van der Waals surface area contributed by atoms with Gasteiger partial charge in [-0.2, -0.15) is 0 Å². The van der Waals surface area contributed by atoms with E-state index < -0.39 is 0 Å². The van der Waals surface area contributed by atoms with Crippen LogP contribution in [0.1, 0.15) is 15.2 Å². The first-order valence-electron chi connectivity index (χ1n) is 6.87. The van der Waals surface area contributed by atoms with Gasteiger partial charge in [-0.1, -0.05) is 6.07 Å². The average Bonchev–Trinajstić information content (AvgIpc) is 2.92. The van der Waals surface area contributed by atoms with Crippen molar-refractivity contribution in [2.75, 3.05) is 18.7 Å². The zero-order valence-corrected chi connectivity index (χ0v) is 14.5. The van der Waals surface area contributed by atoms with Crippen LogP contribution in [-0.2, 0) is 4.74 Å². The molecule has 0 bridgehead atoms. The molecule has 2 heterocycles. The summed E-state index contributed by atoms with van der Waals surface area (Å²) in [5, 5.41) is 4.18. The number of ether oxygens (including phenoxy) is 1. The Balaban J connectivity index is 2.07. The maximum atomic E-state index is 11.9. The van der Waals surface area contributed by atoms with Crippen molar-refractivity contribution in [1.29, 1.82) is 0 Å². The van der Waals surface area contributed by atoms with Crippen LogP contribution in [0.5, 0.6) is 0 Å². The predicted molar refractivity (Wildman–Crippen MR) is 95.0 cm³/mol. The average molecular weight is 345 g/mol. The second-order valence-electron chi connectivity index (χ2n) is 4.81. The molecule has 5 nitrogen and oxygen atoms in total. The molecule has 1 N–H and O–H groups in total. The Morgan fingerprint density at radius 3 is 2.91 bits per heavy atom. The number of fused-ring (bicyclic) bond motifs is 1. The lowest BCUT2D eigenvalue weighted by Crippen LogP contribution is -2.00. The Labute approximate surface area is 142 Å². The summed E-state index contributed by atoms with van der Waals surface area (Å²) in [7, 11) is 1.38. The number of methoxy groups -OCH3 is 1. The van der Waals surface area contributed by atoms with E-state index in [1.807, 2.05) is 25.3 Å². The van der Waals surface area contributed by atoms with E-state index >= 15 is 0 Å². The number of nitrogens with zero attached hydrogens (tertiary/aromatic N) is 2. The molecule has 23 heavy (non-hydrogen) atoms. The van der Waals surface area contributed by atoms with Crippen molar-refractivity contribution in [2.45, 2.75) is 11.8 Å². The number of rotatable bonds is 4. The van der Waals surface area contributed by atoms with Gasteiger partial charge in [-0.15, -0.1) is 23.1 Å². The van der Waals surface area contributed by atoms with Gasteiger partial charge < -0.3 is 10.1 Å². The third-order valence-electron chi connectivity index (χ3n) is 3.43. The van der Waals surface area contributed by atoms with Crippen LogP contribution in [0.15, 0.2) is 35.5 Å². The number of esters is 1. The molecular formula is C16H15N3O2S2. The largest absolute Gasteiger partial charge is 0.465 e. The zero-order valence-electron chi connectivity index (χ0n) is 12.9. The summed E-state index contributed by atoms with van der Waals surface area (Å²) in [5.74, 6) is 0.345. The lowest BCUT2D eigenvalue weighted by Gasteiger charge is -2.08. The fraction of sp³-hybridized carbons (Fsp3) is 0.188. The summed E-state index contributed by atoms with van der Waals surface area (Å²) in [5.41, 5.74) is 1.78. The van der Waals surface area contributed by atoms with Gasteiger partial charge in [0.05, 0.1) is 12.5 Å². The molecule has 0 fully saturated rings. The highest BCUT2D eigenvalue weighted by molar-refractivity contribution is 7.98. The van der Waals surface area contributed by atoms with Crippen molar-refractivity contribution in [2.24, 2.45) is 0 Å². The van der Waals surface area contributed by atoms with Gasteiger partial charge in [-0.05, 0) is 36.9 Å². The monoisotopic (exact) mass is 345 g/mol. The Morgan fingerprint density at radius 1 is 1.35 bits per heavy atom. The van der Waals surface area contributed by atoms with Crippen molar-refractivity contribution in [3.63, 3.8) is 0 Å². The van der Waals surface area contributed by atoms with Crippen LogP contribution >= 0.6 is 23.1 Å². The summed E-state index contributed by atoms with van der Waals surface area (Å²) in [6.45, 7) is 1.89. The van der Waals surface area contributed by atoms with E-state index in [4.69, 9.17) is 4.74 Å². The molecule has 118 valence electrons. The molecule has 2 aromatic heterocycles. The molecular weight excluding hydrogens is 330 g/mol. The molecule has 3 aromatic rings. The van der Waals surface area contributed by atoms with E-state index in [0.29, 0.717) is 10.7 Å². The van der Waals surface area contributed by atoms with Crippen molar-refractivity contribution in [1.82, 2.24) is 9.97 Å². The molecule has 0 spiro atoms. The van der Waals surface area contributed by atoms with E-state index in [0.717, 1.165) is 26.4 Å². The Bertz CT molecular complexity index is 877. The number of thiophene rings is 1. The smallest absolute Gasteiger partial charge is 0.348 e. The number of aromatic nitrogens is 2. The lowest BCUT2D eigenvalue weighted by atomic mass is 10.2. The van der Waals surface area contributed by atoms with Crippen LogP contribution in [0.25, 0.3) is 10.2 Å². The molecule has 0 saturated carbocycles. The maximum Gasteiger partial charge on any atom is 0.348 e. The Morgan fingerprint density at radius 2 is 2.17 bits per heavy atom. The number of carbonyl (C=O) groups is 1. The van der Waals surface area contributed by atoms with Crippen molar-refractivity contribution >= 4 is 50.8 Å². The standard InChI is InChI=1S/C16H15N3O2S2/c1-9-12-14(19-10-5-4-6-11(7-10)22-3)17-8-18-15(12)23-13(9)16(20)21-2/h4-8H,1-3H3,(H,17,18,19). The molecule has 0 amide bonds. The van der Waals surface area contributed by atoms with Gasteiger partial charge in [0.1, 0.15) is 21.9 Å². The minimum Gasteiger partial charge on any atom is -0.465 e. The lowest BCUT2D eigenvalue weighted by molar-refractivity contribution is 0.0605. The van der Waals surface area contributed by atoms with Crippen LogP contribution in [0.2, 0.25) is 0 Å². The molecule has 3 rings (SSSR count). The molecule has 0 atom stereocenters. The molecule has 7 heteroatoms. The van der Waals surface area contributed by atoms with Crippen molar-refractivity contribution in [3.8, 4) is 0 Å². The Hall–Kier alpha value is -2.12. The van der Waals surface area contributed by atoms with Gasteiger partial charge in [-0.3, -0.25) is 0 Å². The van der Waals surface area contributed by atoms with Crippen LogP contribution in [-0.4, -0.2) is 29.3 Å². The minimum absolute atomic E-state index is 0.346. The second-order valence-corrected chi connectivity index (χ2v) is 6.69. The van der Waals surface area contributed by atoms with E-state index in [-0.39, 0.29) is 5.97 Å². The minimum atomic E-state index is -0.346. The number of hydrogen-bond acceptors (Lipinski definition) is 7. The maximum absolute atomic E-state index is 11.9. The molecule has 0 aliphatic carbocycles. The highest BCUT2D eigenvalue weighted by atomic mass is 32.2. The van der Waals surface area contributed by atoms with Crippen LogP contribution < -0.4 is 5.32 Å². The van der Waals surface area contributed by atoms with Crippen molar-refractivity contribution < 1.29 is 9.53 Å². The van der Waals surface area contributed by atoms with Gasteiger partial charge in [-0.25, -0.2) is 14.8 Å². The third kappa shape index (κ3) is 3.02. The second kappa shape index (κ2) is 6.55. The van der Waals surface area contributed by atoms with E-state index in [1.54, 1.807) is 11.8 Å². The number of nitrogens with one attached hydrogen (secondary N) is 1. The first-order valence-corrected chi connectivity index (χ1v) is 8.91. The first kappa shape index (κ1) is 15.8. The third-order valence-corrected chi connectivity index (χ3v) is 5.34. The number of hydrogen-bond donors (Lipinski definition) is 1. The highest BCUT2D eigenvalue weighted by Crippen LogP contribution is 2.35. The Kier molecular flexibility index (Phi) is 4.49. The van der Waals surface area contributed by atoms with Crippen LogP contribution in [0.4, 0.5) is 11.5 Å². The summed E-state index contributed by atoms with van der Waals surface area (Å²) in [4.78, 5) is 23.0. The molecule has 0 unspecified atom stereocenters. The normalized spacial score (nSPS) is 10.7. The first-order chi connectivity index (χ1) is 11.1.